The second-order valence-corrected chi connectivity index (χ2v) is 5.67. The minimum atomic E-state index is -0.663. The smallest absolute Gasteiger partial charge is 0.131 e. The molecule has 0 spiro atoms. The molecule has 0 saturated carbocycles. The maximum atomic E-state index is 13.8. The first-order valence-electron chi connectivity index (χ1n) is 7.44. The van der Waals surface area contributed by atoms with Crippen LogP contribution < -0.4 is 5.32 Å². The molecule has 1 saturated heterocycles. The van der Waals surface area contributed by atoms with Gasteiger partial charge in [-0.2, -0.15) is 5.26 Å². The maximum absolute atomic E-state index is 13.8. The van der Waals surface area contributed by atoms with Crippen molar-refractivity contribution < 1.29 is 8.78 Å². The van der Waals surface area contributed by atoms with Gasteiger partial charge in [0.2, 0.25) is 0 Å². The van der Waals surface area contributed by atoms with Crippen molar-refractivity contribution in [3.05, 3.63) is 34.9 Å². The molecule has 0 radical (unpaired) electrons. The Labute approximate surface area is 124 Å². The molecule has 1 aromatic rings. The first kappa shape index (κ1) is 15.9. The first-order valence-corrected chi connectivity index (χ1v) is 7.44. The fourth-order valence-corrected chi connectivity index (χ4v) is 2.71. The van der Waals surface area contributed by atoms with Crippen molar-refractivity contribution >= 4 is 0 Å². The van der Waals surface area contributed by atoms with Gasteiger partial charge in [-0.25, -0.2) is 8.78 Å². The normalized spacial score (nSPS) is 17.4. The number of hydrogen-bond acceptors (Lipinski definition) is 3. The third-order valence-electron chi connectivity index (χ3n) is 3.88. The molecule has 1 aliphatic heterocycles. The van der Waals surface area contributed by atoms with Gasteiger partial charge in [0.15, 0.2) is 0 Å². The lowest BCUT2D eigenvalue weighted by Gasteiger charge is -2.29. The summed E-state index contributed by atoms with van der Waals surface area (Å²) >= 11 is 0. The summed E-state index contributed by atoms with van der Waals surface area (Å²) in [5, 5.41) is 11.8. The van der Waals surface area contributed by atoms with Gasteiger partial charge >= 0.3 is 0 Å². The van der Waals surface area contributed by atoms with E-state index in [9.17, 15) is 8.78 Å². The molecule has 1 aromatic carbocycles. The molecule has 0 aromatic heterocycles. The van der Waals surface area contributed by atoms with Crippen molar-refractivity contribution in [3.8, 4) is 6.07 Å². The van der Waals surface area contributed by atoms with E-state index in [4.69, 9.17) is 5.26 Å². The van der Waals surface area contributed by atoms with Crippen LogP contribution in [0.5, 0.6) is 0 Å². The average molecular weight is 293 g/mol. The lowest BCUT2D eigenvalue weighted by Crippen LogP contribution is -2.41. The van der Waals surface area contributed by atoms with Crippen molar-refractivity contribution in [2.75, 3.05) is 19.6 Å². The summed E-state index contributed by atoms with van der Waals surface area (Å²) in [7, 11) is 0. The van der Waals surface area contributed by atoms with Crippen LogP contribution in [0.1, 0.15) is 37.3 Å². The van der Waals surface area contributed by atoms with E-state index < -0.39 is 11.6 Å². The minimum Gasteiger partial charge on any atom is -0.309 e. The molecule has 21 heavy (non-hydrogen) atoms. The van der Waals surface area contributed by atoms with E-state index in [-0.39, 0.29) is 23.7 Å². The number of halogens is 2. The fraction of sp³-hybridized carbons (Fsp3) is 0.562. The Balaban J connectivity index is 1.89. The zero-order valence-corrected chi connectivity index (χ0v) is 12.3. The van der Waals surface area contributed by atoms with Gasteiger partial charge < -0.3 is 10.2 Å². The number of hydrogen-bond donors (Lipinski definition) is 1. The van der Waals surface area contributed by atoms with Crippen molar-refractivity contribution in [3.63, 3.8) is 0 Å². The van der Waals surface area contributed by atoms with Gasteiger partial charge in [0.1, 0.15) is 11.6 Å². The summed E-state index contributed by atoms with van der Waals surface area (Å²) in [5.41, 5.74) is 0.00890. The Morgan fingerprint density at radius 1 is 1.24 bits per heavy atom. The summed E-state index contributed by atoms with van der Waals surface area (Å²) < 4.78 is 27.5. The van der Waals surface area contributed by atoms with Gasteiger partial charge in [0, 0.05) is 24.7 Å². The number of benzene rings is 1. The average Bonchev–Trinajstić information content (AvgIpc) is 2.47. The van der Waals surface area contributed by atoms with E-state index in [1.54, 1.807) is 6.07 Å². The number of nitrogens with one attached hydrogen (secondary N) is 1. The van der Waals surface area contributed by atoms with Crippen LogP contribution in [0.2, 0.25) is 0 Å². The van der Waals surface area contributed by atoms with E-state index in [1.165, 1.54) is 19.3 Å². The number of nitrogens with zero attached hydrogens (tertiary/aromatic N) is 2. The standard InChI is InChI=1S/C16H21F2N3/c1-12(11-21-5-3-2-4-6-21)20-10-14-15(17)7-13(9-19)8-16(14)18/h7-8,12,20H,2-6,10-11H2,1H3. The molecule has 5 heteroatoms. The first-order chi connectivity index (χ1) is 10.1. The molecule has 1 N–H and O–H groups in total. The highest BCUT2D eigenvalue weighted by Gasteiger charge is 2.15. The van der Waals surface area contributed by atoms with Crippen molar-refractivity contribution in [1.82, 2.24) is 10.2 Å². The van der Waals surface area contributed by atoms with Crippen LogP contribution in [0.4, 0.5) is 8.78 Å². The van der Waals surface area contributed by atoms with Crippen LogP contribution >= 0.6 is 0 Å². The Kier molecular flexibility index (Phi) is 5.66. The highest BCUT2D eigenvalue weighted by Crippen LogP contribution is 2.15. The molecular weight excluding hydrogens is 272 g/mol. The SMILES string of the molecule is CC(CN1CCCCC1)NCc1c(F)cc(C#N)cc1F. The molecule has 0 amide bonds. The van der Waals surface area contributed by atoms with Crippen LogP contribution in [0.25, 0.3) is 0 Å². The van der Waals surface area contributed by atoms with Gasteiger partial charge in [-0.05, 0) is 45.0 Å². The van der Waals surface area contributed by atoms with Gasteiger partial charge in [-0.3, -0.25) is 0 Å². The molecule has 0 bridgehead atoms. The molecular formula is C16H21F2N3. The van der Waals surface area contributed by atoms with E-state index in [2.05, 4.69) is 10.2 Å². The summed E-state index contributed by atoms with van der Waals surface area (Å²) in [6.07, 6.45) is 3.75. The zero-order valence-electron chi connectivity index (χ0n) is 12.3. The van der Waals surface area contributed by atoms with E-state index in [0.717, 1.165) is 31.8 Å². The second-order valence-electron chi connectivity index (χ2n) is 5.67. The predicted molar refractivity (Wildman–Crippen MR) is 77.7 cm³/mol. The maximum Gasteiger partial charge on any atom is 0.131 e. The lowest BCUT2D eigenvalue weighted by molar-refractivity contribution is 0.208. The zero-order chi connectivity index (χ0) is 15.2. The second kappa shape index (κ2) is 7.48. The van der Waals surface area contributed by atoms with E-state index in [0.29, 0.717) is 0 Å². The van der Waals surface area contributed by atoms with Crippen molar-refractivity contribution in [2.24, 2.45) is 0 Å². The van der Waals surface area contributed by atoms with Crippen LogP contribution in [0.15, 0.2) is 12.1 Å². The van der Waals surface area contributed by atoms with Crippen molar-refractivity contribution in [2.45, 2.75) is 38.8 Å². The molecule has 114 valence electrons. The quantitative estimate of drug-likeness (QED) is 0.907. The molecule has 0 aliphatic carbocycles. The molecule has 2 rings (SSSR count). The van der Waals surface area contributed by atoms with Gasteiger partial charge in [-0.1, -0.05) is 6.42 Å². The Bertz CT molecular complexity index is 496. The summed E-state index contributed by atoms with van der Waals surface area (Å²) in [4.78, 5) is 2.38. The number of likely N-dealkylation sites (tertiary alicyclic amines) is 1. The summed E-state index contributed by atoms with van der Waals surface area (Å²) in [6.45, 7) is 5.25. The van der Waals surface area contributed by atoms with Gasteiger partial charge in [0.25, 0.3) is 0 Å². The monoisotopic (exact) mass is 293 g/mol. The topological polar surface area (TPSA) is 39.1 Å². The molecule has 1 heterocycles. The minimum absolute atomic E-state index is 0.000468. The molecule has 1 unspecified atom stereocenters. The van der Waals surface area contributed by atoms with Crippen LogP contribution in [0, 0.1) is 23.0 Å². The highest BCUT2D eigenvalue weighted by molar-refractivity contribution is 5.34. The molecule has 3 nitrogen and oxygen atoms in total. The van der Waals surface area contributed by atoms with Crippen LogP contribution in [-0.4, -0.2) is 30.6 Å². The fourth-order valence-electron chi connectivity index (χ4n) is 2.71. The summed E-state index contributed by atoms with van der Waals surface area (Å²) in [5.74, 6) is -1.33. The number of rotatable bonds is 5. The Hall–Kier alpha value is -1.51. The Morgan fingerprint density at radius 2 is 1.86 bits per heavy atom. The van der Waals surface area contributed by atoms with Crippen LogP contribution in [0.3, 0.4) is 0 Å². The van der Waals surface area contributed by atoms with Gasteiger partial charge in [-0.15, -0.1) is 0 Å². The third kappa shape index (κ3) is 4.48. The van der Waals surface area contributed by atoms with E-state index in [1.807, 2.05) is 6.92 Å². The van der Waals surface area contributed by atoms with Crippen molar-refractivity contribution in [1.29, 1.82) is 5.26 Å². The van der Waals surface area contributed by atoms with Gasteiger partial charge in [0.05, 0.1) is 11.6 Å². The number of nitriles is 1. The molecule has 1 atom stereocenters. The number of piperidine rings is 1. The molecule has 1 aliphatic rings. The third-order valence-corrected chi connectivity index (χ3v) is 3.88. The predicted octanol–water partition coefficient (Wildman–Crippen LogP) is 2.80. The van der Waals surface area contributed by atoms with Crippen LogP contribution in [-0.2, 0) is 6.54 Å². The molecule has 1 fully saturated rings. The van der Waals surface area contributed by atoms with E-state index >= 15 is 0 Å². The largest absolute Gasteiger partial charge is 0.309 e. The summed E-state index contributed by atoms with van der Waals surface area (Å²) in [6, 6.07) is 4.07. The Morgan fingerprint density at radius 3 is 2.43 bits per heavy atom. The lowest BCUT2D eigenvalue weighted by atomic mass is 10.1. The highest BCUT2D eigenvalue weighted by atomic mass is 19.1.